The highest BCUT2D eigenvalue weighted by Crippen LogP contribution is 2.29. The van der Waals surface area contributed by atoms with Gasteiger partial charge < -0.3 is 13.9 Å². The molecular weight excluding hydrogens is 352 g/mol. The Morgan fingerprint density at radius 3 is 2.25 bits per heavy atom. The third-order valence-electron chi connectivity index (χ3n) is 4.53. The summed E-state index contributed by atoms with van der Waals surface area (Å²) in [5.74, 6) is 1.86. The monoisotopic (exact) mass is 372 g/mol. The smallest absolute Gasteiger partial charge is 0.235 e. The SMILES string of the molecule is Cc1oc2cc(O[C@@H](C)c3ccccc3)ccc2c(=O)c1Oc1ccccc1. The number of benzene rings is 3. The lowest BCUT2D eigenvalue weighted by Gasteiger charge is -2.15. The summed E-state index contributed by atoms with van der Waals surface area (Å²) in [5, 5.41) is 0.455. The summed E-state index contributed by atoms with van der Waals surface area (Å²) in [6, 6.07) is 24.4. The minimum absolute atomic E-state index is 0.118. The van der Waals surface area contributed by atoms with E-state index < -0.39 is 0 Å². The van der Waals surface area contributed by atoms with Crippen molar-refractivity contribution >= 4 is 11.0 Å². The van der Waals surface area contributed by atoms with Crippen LogP contribution in [0.1, 0.15) is 24.4 Å². The number of para-hydroxylation sites is 1. The molecule has 0 fully saturated rings. The molecule has 4 heteroatoms. The molecule has 140 valence electrons. The van der Waals surface area contributed by atoms with Crippen LogP contribution in [0.25, 0.3) is 11.0 Å². The van der Waals surface area contributed by atoms with Crippen LogP contribution in [0.5, 0.6) is 17.2 Å². The first-order valence-electron chi connectivity index (χ1n) is 9.14. The zero-order chi connectivity index (χ0) is 19.5. The largest absolute Gasteiger partial charge is 0.486 e. The molecule has 0 spiro atoms. The molecule has 0 N–H and O–H groups in total. The normalized spacial score (nSPS) is 11.9. The molecule has 0 aliphatic carbocycles. The Morgan fingerprint density at radius 1 is 0.857 bits per heavy atom. The van der Waals surface area contributed by atoms with Crippen molar-refractivity contribution < 1.29 is 13.9 Å². The van der Waals surface area contributed by atoms with Crippen LogP contribution in [-0.2, 0) is 0 Å². The first kappa shape index (κ1) is 17.9. The molecule has 0 saturated carbocycles. The molecule has 28 heavy (non-hydrogen) atoms. The second kappa shape index (κ2) is 7.61. The van der Waals surface area contributed by atoms with Gasteiger partial charge in [0.15, 0.2) is 0 Å². The Balaban J connectivity index is 1.65. The molecule has 0 unspecified atom stereocenters. The molecule has 4 nitrogen and oxygen atoms in total. The van der Waals surface area contributed by atoms with Crippen molar-refractivity contribution in [2.45, 2.75) is 20.0 Å². The maximum Gasteiger partial charge on any atom is 0.235 e. The molecule has 0 bridgehead atoms. The molecule has 0 amide bonds. The molecule has 0 aliphatic heterocycles. The summed E-state index contributed by atoms with van der Waals surface area (Å²) < 4.78 is 17.7. The van der Waals surface area contributed by atoms with Crippen LogP contribution in [0.2, 0.25) is 0 Å². The van der Waals surface area contributed by atoms with Gasteiger partial charge in [0.25, 0.3) is 0 Å². The van der Waals surface area contributed by atoms with Gasteiger partial charge in [0.1, 0.15) is 28.9 Å². The van der Waals surface area contributed by atoms with Gasteiger partial charge in [0.05, 0.1) is 5.39 Å². The van der Waals surface area contributed by atoms with E-state index in [9.17, 15) is 4.79 Å². The van der Waals surface area contributed by atoms with Crippen molar-refractivity contribution in [3.05, 3.63) is 100 Å². The number of hydrogen-bond acceptors (Lipinski definition) is 4. The highest BCUT2D eigenvalue weighted by atomic mass is 16.5. The lowest BCUT2D eigenvalue weighted by Crippen LogP contribution is -2.08. The van der Waals surface area contributed by atoms with Crippen molar-refractivity contribution in [3.63, 3.8) is 0 Å². The van der Waals surface area contributed by atoms with E-state index in [0.29, 0.717) is 28.2 Å². The van der Waals surface area contributed by atoms with Gasteiger partial charge in [0, 0.05) is 6.07 Å². The molecule has 1 heterocycles. The maximum atomic E-state index is 12.9. The third-order valence-corrected chi connectivity index (χ3v) is 4.53. The zero-order valence-electron chi connectivity index (χ0n) is 15.7. The van der Waals surface area contributed by atoms with E-state index in [1.807, 2.05) is 55.5 Å². The number of hydrogen-bond donors (Lipinski definition) is 0. The van der Waals surface area contributed by atoms with Crippen LogP contribution in [0.15, 0.2) is 88.1 Å². The first-order chi connectivity index (χ1) is 13.6. The second-order valence-electron chi connectivity index (χ2n) is 6.56. The number of ether oxygens (including phenoxy) is 2. The molecule has 4 aromatic rings. The van der Waals surface area contributed by atoms with E-state index in [1.165, 1.54) is 0 Å². The average molecular weight is 372 g/mol. The Morgan fingerprint density at radius 2 is 1.54 bits per heavy atom. The van der Waals surface area contributed by atoms with Crippen molar-refractivity contribution in [3.8, 4) is 17.2 Å². The summed E-state index contributed by atoms with van der Waals surface area (Å²) in [4.78, 5) is 12.9. The van der Waals surface area contributed by atoms with Crippen molar-refractivity contribution in [1.29, 1.82) is 0 Å². The number of rotatable bonds is 5. The topological polar surface area (TPSA) is 48.7 Å². The minimum atomic E-state index is -0.203. The van der Waals surface area contributed by atoms with Crippen molar-refractivity contribution in [1.82, 2.24) is 0 Å². The van der Waals surface area contributed by atoms with Gasteiger partial charge in [-0.1, -0.05) is 48.5 Å². The van der Waals surface area contributed by atoms with Crippen molar-refractivity contribution in [2.24, 2.45) is 0 Å². The molecule has 0 aliphatic rings. The predicted molar refractivity (Wildman–Crippen MR) is 109 cm³/mol. The minimum Gasteiger partial charge on any atom is -0.486 e. The molecule has 0 radical (unpaired) electrons. The van der Waals surface area contributed by atoms with E-state index in [2.05, 4.69) is 0 Å². The number of aryl methyl sites for hydroxylation is 1. The van der Waals surface area contributed by atoms with Gasteiger partial charge >= 0.3 is 0 Å². The zero-order valence-corrected chi connectivity index (χ0v) is 15.7. The summed E-state index contributed by atoms with van der Waals surface area (Å²) in [6.07, 6.45) is -0.118. The summed E-state index contributed by atoms with van der Waals surface area (Å²) in [7, 11) is 0. The van der Waals surface area contributed by atoms with E-state index in [-0.39, 0.29) is 17.3 Å². The van der Waals surface area contributed by atoms with Gasteiger partial charge in [-0.3, -0.25) is 4.79 Å². The van der Waals surface area contributed by atoms with Crippen LogP contribution in [-0.4, -0.2) is 0 Å². The fourth-order valence-electron chi connectivity index (χ4n) is 3.06. The summed E-state index contributed by atoms with van der Waals surface area (Å²) >= 11 is 0. The molecule has 1 atom stereocenters. The van der Waals surface area contributed by atoms with E-state index in [0.717, 1.165) is 5.56 Å². The van der Waals surface area contributed by atoms with Crippen LogP contribution in [0.3, 0.4) is 0 Å². The fraction of sp³-hybridized carbons (Fsp3) is 0.125. The Labute approximate surface area is 163 Å². The molecule has 4 rings (SSSR count). The van der Waals surface area contributed by atoms with Gasteiger partial charge in [-0.2, -0.15) is 0 Å². The van der Waals surface area contributed by atoms with E-state index in [1.54, 1.807) is 37.3 Å². The van der Waals surface area contributed by atoms with Crippen molar-refractivity contribution in [2.75, 3.05) is 0 Å². The quantitative estimate of drug-likeness (QED) is 0.429. The standard InChI is InChI=1S/C24H20O4/c1-16(18-9-5-3-6-10-18)26-20-13-14-21-22(15-20)27-17(2)24(23(21)25)28-19-11-7-4-8-12-19/h3-16H,1-2H3/t16-/m0/s1. The highest BCUT2D eigenvalue weighted by molar-refractivity contribution is 5.79. The van der Waals surface area contributed by atoms with Gasteiger partial charge in [-0.05, 0) is 43.7 Å². The Bertz CT molecular complexity index is 1150. The lowest BCUT2D eigenvalue weighted by atomic mass is 10.1. The van der Waals surface area contributed by atoms with E-state index >= 15 is 0 Å². The third kappa shape index (κ3) is 3.62. The van der Waals surface area contributed by atoms with Crippen LogP contribution >= 0.6 is 0 Å². The molecule has 0 saturated heterocycles. The predicted octanol–water partition coefficient (Wildman–Crippen LogP) is 6.03. The summed E-state index contributed by atoms with van der Waals surface area (Å²) in [6.45, 7) is 3.71. The van der Waals surface area contributed by atoms with Crippen LogP contribution < -0.4 is 14.9 Å². The lowest BCUT2D eigenvalue weighted by molar-refractivity contribution is 0.227. The fourth-order valence-corrected chi connectivity index (χ4v) is 3.06. The Kier molecular flexibility index (Phi) is 4.85. The number of fused-ring (bicyclic) bond motifs is 1. The Hall–Kier alpha value is -3.53. The van der Waals surface area contributed by atoms with Gasteiger partial charge in [-0.15, -0.1) is 0 Å². The summed E-state index contributed by atoms with van der Waals surface area (Å²) in [5.41, 5.74) is 1.35. The molecular formula is C24H20O4. The first-order valence-corrected chi connectivity index (χ1v) is 9.14. The van der Waals surface area contributed by atoms with Gasteiger partial charge in [0.2, 0.25) is 11.2 Å². The highest BCUT2D eigenvalue weighted by Gasteiger charge is 2.15. The maximum absolute atomic E-state index is 12.9. The molecule has 3 aromatic carbocycles. The van der Waals surface area contributed by atoms with Crippen LogP contribution in [0.4, 0.5) is 0 Å². The van der Waals surface area contributed by atoms with Crippen LogP contribution in [0, 0.1) is 6.92 Å². The van der Waals surface area contributed by atoms with Gasteiger partial charge in [-0.25, -0.2) is 0 Å². The average Bonchev–Trinajstić information content (AvgIpc) is 2.72. The molecule has 1 aromatic heterocycles. The van der Waals surface area contributed by atoms with E-state index in [4.69, 9.17) is 13.9 Å². The second-order valence-corrected chi connectivity index (χ2v) is 6.56.